The Morgan fingerprint density at radius 2 is 2.25 bits per heavy atom. The predicted octanol–water partition coefficient (Wildman–Crippen LogP) is 2.71. The monoisotopic (exact) mass is 275 g/mol. The Bertz CT molecular complexity index is 473. The van der Waals surface area contributed by atoms with Gasteiger partial charge in [0.25, 0.3) is 0 Å². The van der Waals surface area contributed by atoms with E-state index in [0.717, 1.165) is 29.4 Å². The third kappa shape index (κ3) is 4.23. The quantitative estimate of drug-likeness (QED) is 0.888. The molecule has 1 amide bonds. The number of nitrogens with zero attached hydrogens (tertiary/aromatic N) is 1. The van der Waals surface area contributed by atoms with E-state index in [0.29, 0.717) is 0 Å². The molecule has 1 aliphatic heterocycles. The standard InChI is InChI=1S/C16H25N3O/c1-12-9-15(6-7-16(12)18-13(2)20)17-10-14-5-4-8-19(3)11-14/h6-7,9,14,17H,4-5,8,10-11H2,1-3H3,(H,18,20). The summed E-state index contributed by atoms with van der Waals surface area (Å²) < 4.78 is 0. The Kier molecular flexibility index (Phi) is 5.01. The van der Waals surface area contributed by atoms with Gasteiger partial charge in [-0.2, -0.15) is 0 Å². The molecule has 110 valence electrons. The minimum atomic E-state index is -0.0287. The second kappa shape index (κ2) is 6.75. The van der Waals surface area contributed by atoms with E-state index in [1.165, 1.54) is 32.9 Å². The zero-order valence-electron chi connectivity index (χ0n) is 12.7. The Morgan fingerprint density at radius 3 is 2.90 bits per heavy atom. The molecular weight excluding hydrogens is 250 g/mol. The van der Waals surface area contributed by atoms with Crippen LogP contribution in [0.15, 0.2) is 18.2 Å². The van der Waals surface area contributed by atoms with Gasteiger partial charge in [0.05, 0.1) is 0 Å². The van der Waals surface area contributed by atoms with Crippen molar-refractivity contribution < 1.29 is 4.79 Å². The van der Waals surface area contributed by atoms with Gasteiger partial charge in [-0.1, -0.05) is 0 Å². The average molecular weight is 275 g/mol. The van der Waals surface area contributed by atoms with Crippen LogP contribution < -0.4 is 10.6 Å². The van der Waals surface area contributed by atoms with Crippen molar-refractivity contribution in [1.82, 2.24) is 4.90 Å². The predicted molar refractivity (Wildman–Crippen MR) is 84.2 cm³/mol. The van der Waals surface area contributed by atoms with Crippen molar-refractivity contribution in [3.8, 4) is 0 Å². The molecule has 1 unspecified atom stereocenters. The lowest BCUT2D eigenvalue weighted by Crippen LogP contribution is -2.35. The molecule has 1 heterocycles. The Morgan fingerprint density at radius 1 is 1.45 bits per heavy atom. The summed E-state index contributed by atoms with van der Waals surface area (Å²) in [7, 11) is 2.19. The number of hydrogen-bond donors (Lipinski definition) is 2. The van der Waals surface area contributed by atoms with E-state index in [9.17, 15) is 4.79 Å². The van der Waals surface area contributed by atoms with Gasteiger partial charge in [-0.25, -0.2) is 0 Å². The van der Waals surface area contributed by atoms with Crippen molar-refractivity contribution >= 4 is 17.3 Å². The molecular formula is C16H25N3O. The Labute approximate surface area is 121 Å². The lowest BCUT2D eigenvalue weighted by Gasteiger charge is -2.30. The van der Waals surface area contributed by atoms with Crippen LogP contribution in [0.1, 0.15) is 25.3 Å². The largest absolute Gasteiger partial charge is 0.385 e. The van der Waals surface area contributed by atoms with Gasteiger partial charge in [-0.05, 0) is 63.0 Å². The number of nitrogens with one attached hydrogen (secondary N) is 2. The SMILES string of the molecule is CC(=O)Nc1ccc(NCC2CCCN(C)C2)cc1C. The highest BCUT2D eigenvalue weighted by molar-refractivity contribution is 5.89. The van der Waals surface area contributed by atoms with Gasteiger partial charge in [0.1, 0.15) is 0 Å². The Balaban J connectivity index is 1.90. The molecule has 4 heteroatoms. The fourth-order valence-corrected chi connectivity index (χ4v) is 2.81. The van der Waals surface area contributed by atoms with Gasteiger partial charge in [-0.3, -0.25) is 4.79 Å². The number of carbonyl (C=O) groups excluding carboxylic acids is 1. The number of benzene rings is 1. The fourth-order valence-electron chi connectivity index (χ4n) is 2.81. The highest BCUT2D eigenvalue weighted by atomic mass is 16.1. The van der Waals surface area contributed by atoms with E-state index < -0.39 is 0 Å². The van der Waals surface area contributed by atoms with Crippen molar-refractivity contribution in [2.75, 3.05) is 37.3 Å². The van der Waals surface area contributed by atoms with Crippen LogP contribution in [-0.2, 0) is 4.79 Å². The van der Waals surface area contributed by atoms with Crippen LogP contribution in [0.2, 0.25) is 0 Å². The molecule has 20 heavy (non-hydrogen) atoms. The first-order chi connectivity index (χ1) is 9.54. The zero-order chi connectivity index (χ0) is 14.5. The normalized spacial score (nSPS) is 19.6. The molecule has 0 saturated carbocycles. The minimum Gasteiger partial charge on any atom is -0.385 e. The molecule has 1 aromatic carbocycles. The molecule has 0 radical (unpaired) electrons. The summed E-state index contributed by atoms with van der Waals surface area (Å²) in [6, 6.07) is 6.09. The maximum atomic E-state index is 11.1. The molecule has 2 N–H and O–H groups in total. The van der Waals surface area contributed by atoms with Crippen LogP contribution in [0.3, 0.4) is 0 Å². The van der Waals surface area contributed by atoms with Gasteiger partial charge < -0.3 is 15.5 Å². The van der Waals surface area contributed by atoms with E-state index in [-0.39, 0.29) is 5.91 Å². The number of aryl methyl sites for hydroxylation is 1. The van der Waals surface area contributed by atoms with Crippen molar-refractivity contribution in [1.29, 1.82) is 0 Å². The first kappa shape index (κ1) is 14.9. The summed E-state index contributed by atoms with van der Waals surface area (Å²) >= 11 is 0. The molecule has 2 rings (SSSR count). The molecule has 1 saturated heterocycles. The molecule has 1 atom stereocenters. The first-order valence-electron chi connectivity index (χ1n) is 7.35. The van der Waals surface area contributed by atoms with Crippen LogP contribution in [0.4, 0.5) is 11.4 Å². The highest BCUT2D eigenvalue weighted by Gasteiger charge is 2.16. The number of anilines is 2. The van der Waals surface area contributed by atoms with Crippen molar-refractivity contribution in [2.45, 2.75) is 26.7 Å². The van der Waals surface area contributed by atoms with E-state index in [2.05, 4.69) is 28.6 Å². The summed E-state index contributed by atoms with van der Waals surface area (Å²) in [4.78, 5) is 13.5. The highest BCUT2D eigenvalue weighted by Crippen LogP contribution is 2.21. The summed E-state index contributed by atoms with van der Waals surface area (Å²) in [6.07, 6.45) is 2.60. The van der Waals surface area contributed by atoms with Crippen LogP contribution in [0, 0.1) is 12.8 Å². The van der Waals surface area contributed by atoms with E-state index in [1.54, 1.807) is 0 Å². The Hall–Kier alpha value is -1.55. The number of rotatable bonds is 4. The zero-order valence-corrected chi connectivity index (χ0v) is 12.7. The fraction of sp³-hybridized carbons (Fsp3) is 0.562. The van der Waals surface area contributed by atoms with E-state index >= 15 is 0 Å². The molecule has 4 nitrogen and oxygen atoms in total. The van der Waals surface area contributed by atoms with Crippen LogP contribution in [0.5, 0.6) is 0 Å². The van der Waals surface area contributed by atoms with Crippen molar-refractivity contribution in [3.63, 3.8) is 0 Å². The number of hydrogen-bond acceptors (Lipinski definition) is 3. The number of likely N-dealkylation sites (tertiary alicyclic amines) is 1. The average Bonchev–Trinajstić information content (AvgIpc) is 2.39. The maximum absolute atomic E-state index is 11.1. The lowest BCUT2D eigenvalue weighted by atomic mass is 9.98. The van der Waals surface area contributed by atoms with Gasteiger partial charge in [0.15, 0.2) is 0 Å². The topological polar surface area (TPSA) is 44.4 Å². The summed E-state index contributed by atoms with van der Waals surface area (Å²) in [6.45, 7) is 6.97. The second-order valence-electron chi connectivity index (χ2n) is 5.86. The molecule has 0 bridgehead atoms. The summed E-state index contributed by atoms with van der Waals surface area (Å²) in [5, 5.41) is 6.36. The third-order valence-corrected chi connectivity index (χ3v) is 3.85. The van der Waals surface area contributed by atoms with Crippen LogP contribution >= 0.6 is 0 Å². The van der Waals surface area contributed by atoms with Crippen LogP contribution in [0.25, 0.3) is 0 Å². The van der Waals surface area contributed by atoms with Gasteiger partial charge in [-0.15, -0.1) is 0 Å². The molecule has 1 aliphatic rings. The van der Waals surface area contributed by atoms with Crippen LogP contribution in [-0.4, -0.2) is 37.5 Å². The first-order valence-corrected chi connectivity index (χ1v) is 7.35. The minimum absolute atomic E-state index is 0.0287. The summed E-state index contributed by atoms with van der Waals surface area (Å²) in [5.74, 6) is 0.697. The van der Waals surface area contributed by atoms with Gasteiger partial charge >= 0.3 is 0 Å². The number of carbonyl (C=O) groups is 1. The lowest BCUT2D eigenvalue weighted by molar-refractivity contribution is -0.114. The number of amides is 1. The molecule has 1 aromatic rings. The third-order valence-electron chi connectivity index (χ3n) is 3.85. The summed E-state index contributed by atoms with van der Waals surface area (Å²) in [5.41, 5.74) is 3.11. The van der Waals surface area contributed by atoms with E-state index in [1.807, 2.05) is 19.1 Å². The number of piperidine rings is 1. The second-order valence-corrected chi connectivity index (χ2v) is 5.86. The molecule has 0 spiro atoms. The van der Waals surface area contributed by atoms with Crippen molar-refractivity contribution in [2.24, 2.45) is 5.92 Å². The van der Waals surface area contributed by atoms with E-state index in [4.69, 9.17) is 0 Å². The molecule has 1 fully saturated rings. The smallest absolute Gasteiger partial charge is 0.221 e. The molecule has 0 aliphatic carbocycles. The van der Waals surface area contributed by atoms with Gasteiger partial charge in [0.2, 0.25) is 5.91 Å². The molecule has 0 aromatic heterocycles. The van der Waals surface area contributed by atoms with Gasteiger partial charge in [0, 0.05) is 31.4 Å². The maximum Gasteiger partial charge on any atom is 0.221 e. The van der Waals surface area contributed by atoms with Crippen molar-refractivity contribution in [3.05, 3.63) is 23.8 Å².